The van der Waals surface area contributed by atoms with E-state index in [-0.39, 0.29) is 5.82 Å². The molecule has 0 atom stereocenters. The second-order valence-corrected chi connectivity index (χ2v) is 4.71. The Morgan fingerprint density at radius 1 is 1.11 bits per heavy atom. The number of nitrogens with two attached hydrogens (primary N) is 1. The molecule has 2 aromatic carbocycles. The summed E-state index contributed by atoms with van der Waals surface area (Å²) < 4.78 is 13.2. The second kappa shape index (κ2) is 6.23. The summed E-state index contributed by atoms with van der Waals surface area (Å²) in [6.45, 7) is 0.850. The van der Waals surface area contributed by atoms with E-state index in [0.29, 0.717) is 5.69 Å². The molecule has 2 nitrogen and oxygen atoms in total. The minimum atomic E-state index is -0.251. The molecule has 19 heavy (non-hydrogen) atoms. The Balaban J connectivity index is 1.91. The Labute approximate surface area is 113 Å². The SMILES string of the molecule is CN(CCCc1ccccc1)c1cc(F)ccc1N. The number of hydrogen-bond donors (Lipinski definition) is 1. The lowest BCUT2D eigenvalue weighted by Gasteiger charge is -2.21. The summed E-state index contributed by atoms with van der Waals surface area (Å²) in [5, 5.41) is 0. The minimum absolute atomic E-state index is 0.251. The van der Waals surface area contributed by atoms with E-state index in [1.54, 1.807) is 6.07 Å². The normalized spacial score (nSPS) is 10.4. The summed E-state index contributed by atoms with van der Waals surface area (Å²) in [5.41, 5.74) is 8.56. The van der Waals surface area contributed by atoms with E-state index in [9.17, 15) is 4.39 Å². The number of nitrogen functional groups attached to an aromatic ring is 1. The van der Waals surface area contributed by atoms with Crippen LogP contribution < -0.4 is 10.6 Å². The standard InChI is InChI=1S/C16H19FN2/c1-19(16-12-14(17)9-10-15(16)18)11-5-8-13-6-3-2-4-7-13/h2-4,6-7,9-10,12H,5,8,11,18H2,1H3. The molecule has 0 aliphatic heterocycles. The minimum Gasteiger partial charge on any atom is -0.397 e. The monoisotopic (exact) mass is 258 g/mol. The largest absolute Gasteiger partial charge is 0.397 e. The van der Waals surface area contributed by atoms with Crippen molar-refractivity contribution in [1.82, 2.24) is 0 Å². The number of hydrogen-bond acceptors (Lipinski definition) is 2. The molecule has 100 valence electrons. The summed E-state index contributed by atoms with van der Waals surface area (Å²) in [4.78, 5) is 2.00. The lowest BCUT2D eigenvalue weighted by Crippen LogP contribution is -2.20. The van der Waals surface area contributed by atoms with E-state index >= 15 is 0 Å². The molecule has 0 unspecified atom stereocenters. The number of nitrogens with zero attached hydrogens (tertiary/aromatic N) is 1. The number of anilines is 2. The highest BCUT2D eigenvalue weighted by atomic mass is 19.1. The third-order valence-corrected chi connectivity index (χ3v) is 3.21. The Morgan fingerprint density at radius 3 is 2.58 bits per heavy atom. The molecular formula is C16H19FN2. The molecular weight excluding hydrogens is 239 g/mol. The number of halogens is 1. The quantitative estimate of drug-likeness (QED) is 0.832. The van der Waals surface area contributed by atoms with Crippen molar-refractivity contribution in [2.75, 3.05) is 24.2 Å². The third-order valence-electron chi connectivity index (χ3n) is 3.21. The molecule has 0 amide bonds. The highest BCUT2D eigenvalue weighted by molar-refractivity contribution is 5.67. The first kappa shape index (κ1) is 13.4. The molecule has 0 heterocycles. The Morgan fingerprint density at radius 2 is 1.84 bits per heavy atom. The van der Waals surface area contributed by atoms with Gasteiger partial charge in [-0.15, -0.1) is 0 Å². The summed E-state index contributed by atoms with van der Waals surface area (Å²) in [5.74, 6) is -0.251. The van der Waals surface area contributed by atoms with Crippen molar-refractivity contribution in [2.24, 2.45) is 0 Å². The van der Waals surface area contributed by atoms with Gasteiger partial charge in [0.15, 0.2) is 0 Å². The first-order valence-corrected chi connectivity index (χ1v) is 6.47. The van der Waals surface area contributed by atoms with Crippen LogP contribution in [0.5, 0.6) is 0 Å². The van der Waals surface area contributed by atoms with Crippen LogP contribution in [0.4, 0.5) is 15.8 Å². The number of aryl methyl sites for hydroxylation is 1. The smallest absolute Gasteiger partial charge is 0.125 e. The molecule has 2 aromatic rings. The van der Waals surface area contributed by atoms with Crippen LogP contribution in [0.25, 0.3) is 0 Å². The molecule has 0 fully saturated rings. The number of benzene rings is 2. The maximum atomic E-state index is 13.2. The fourth-order valence-electron chi connectivity index (χ4n) is 2.13. The zero-order valence-electron chi connectivity index (χ0n) is 11.1. The predicted molar refractivity (Wildman–Crippen MR) is 78.8 cm³/mol. The average Bonchev–Trinajstić information content (AvgIpc) is 2.42. The Kier molecular flexibility index (Phi) is 4.39. The maximum Gasteiger partial charge on any atom is 0.125 e. The van der Waals surface area contributed by atoms with Crippen molar-refractivity contribution >= 4 is 11.4 Å². The van der Waals surface area contributed by atoms with E-state index in [1.807, 2.05) is 30.1 Å². The molecule has 0 saturated carbocycles. The molecule has 0 aliphatic carbocycles. The van der Waals surface area contributed by atoms with E-state index < -0.39 is 0 Å². The predicted octanol–water partition coefficient (Wildman–Crippen LogP) is 3.48. The molecule has 0 radical (unpaired) electrons. The van der Waals surface area contributed by atoms with Crippen molar-refractivity contribution in [3.05, 3.63) is 59.9 Å². The van der Waals surface area contributed by atoms with E-state index in [4.69, 9.17) is 5.73 Å². The van der Waals surface area contributed by atoms with Gasteiger partial charge in [-0.3, -0.25) is 0 Å². The van der Waals surface area contributed by atoms with Gasteiger partial charge in [0.05, 0.1) is 11.4 Å². The second-order valence-electron chi connectivity index (χ2n) is 4.71. The fraction of sp³-hybridized carbons (Fsp3) is 0.250. The average molecular weight is 258 g/mol. The molecule has 2 rings (SSSR count). The maximum absolute atomic E-state index is 13.2. The fourth-order valence-corrected chi connectivity index (χ4v) is 2.13. The van der Waals surface area contributed by atoms with Gasteiger partial charge in [-0.2, -0.15) is 0 Å². The molecule has 0 saturated heterocycles. The summed E-state index contributed by atoms with van der Waals surface area (Å²) in [7, 11) is 1.94. The van der Waals surface area contributed by atoms with Gasteiger partial charge < -0.3 is 10.6 Å². The molecule has 3 heteroatoms. The highest BCUT2D eigenvalue weighted by Crippen LogP contribution is 2.23. The van der Waals surface area contributed by atoms with Gasteiger partial charge in [0, 0.05) is 13.6 Å². The van der Waals surface area contributed by atoms with Crippen molar-refractivity contribution in [1.29, 1.82) is 0 Å². The molecule has 0 spiro atoms. The lowest BCUT2D eigenvalue weighted by molar-refractivity contribution is 0.627. The van der Waals surface area contributed by atoms with Gasteiger partial charge in [0.2, 0.25) is 0 Å². The van der Waals surface area contributed by atoms with Gasteiger partial charge in [0.25, 0.3) is 0 Å². The molecule has 0 aromatic heterocycles. The van der Waals surface area contributed by atoms with Crippen molar-refractivity contribution in [2.45, 2.75) is 12.8 Å². The van der Waals surface area contributed by atoms with Crippen molar-refractivity contribution in [3.63, 3.8) is 0 Å². The molecule has 0 bridgehead atoms. The van der Waals surface area contributed by atoms with Gasteiger partial charge in [0.1, 0.15) is 5.82 Å². The van der Waals surface area contributed by atoms with E-state index in [2.05, 4.69) is 12.1 Å². The molecule has 2 N–H and O–H groups in total. The van der Waals surface area contributed by atoms with Gasteiger partial charge in [-0.05, 0) is 36.6 Å². The first-order valence-electron chi connectivity index (χ1n) is 6.47. The van der Waals surface area contributed by atoms with Gasteiger partial charge >= 0.3 is 0 Å². The third kappa shape index (κ3) is 3.71. The Hall–Kier alpha value is -2.03. The van der Waals surface area contributed by atoms with Gasteiger partial charge in [-0.25, -0.2) is 4.39 Å². The van der Waals surface area contributed by atoms with Crippen molar-refractivity contribution in [3.8, 4) is 0 Å². The molecule has 0 aliphatic rings. The summed E-state index contributed by atoms with van der Waals surface area (Å²) in [6.07, 6.45) is 2.02. The number of rotatable bonds is 5. The lowest BCUT2D eigenvalue weighted by atomic mass is 10.1. The topological polar surface area (TPSA) is 29.3 Å². The summed E-state index contributed by atoms with van der Waals surface area (Å²) in [6, 6.07) is 14.8. The highest BCUT2D eigenvalue weighted by Gasteiger charge is 2.06. The zero-order chi connectivity index (χ0) is 13.7. The van der Waals surface area contributed by atoms with Crippen LogP contribution in [0.1, 0.15) is 12.0 Å². The van der Waals surface area contributed by atoms with Crippen LogP contribution in [0.15, 0.2) is 48.5 Å². The zero-order valence-corrected chi connectivity index (χ0v) is 11.1. The van der Waals surface area contributed by atoms with Crippen LogP contribution in [0.2, 0.25) is 0 Å². The Bertz CT molecular complexity index is 526. The van der Waals surface area contributed by atoms with Crippen molar-refractivity contribution < 1.29 is 4.39 Å². The van der Waals surface area contributed by atoms with E-state index in [0.717, 1.165) is 25.1 Å². The van der Waals surface area contributed by atoms with E-state index in [1.165, 1.54) is 17.7 Å². The van der Waals surface area contributed by atoms with Crippen LogP contribution in [-0.2, 0) is 6.42 Å². The summed E-state index contributed by atoms with van der Waals surface area (Å²) >= 11 is 0. The van der Waals surface area contributed by atoms with Crippen LogP contribution >= 0.6 is 0 Å². The van der Waals surface area contributed by atoms with Crippen LogP contribution in [0, 0.1) is 5.82 Å². The van der Waals surface area contributed by atoms with Gasteiger partial charge in [-0.1, -0.05) is 30.3 Å². The first-order chi connectivity index (χ1) is 9.16. The van der Waals surface area contributed by atoms with Crippen LogP contribution in [0.3, 0.4) is 0 Å². The van der Waals surface area contributed by atoms with Crippen LogP contribution in [-0.4, -0.2) is 13.6 Å².